The monoisotopic (exact) mass is 770 g/mol. The van der Waals surface area contributed by atoms with Crippen LogP contribution in [0.5, 0.6) is 0 Å². The van der Waals surface area contributed by atoms with Gasteiger partial charge in [0.15, 0.2) is 0 Å². The molecule has 2 aliphatic rings. The van der Waals surface area contributed by atoms with Gasteiger partial charge in [0.25, 0.3) is 0 Å². The van der Waals surface area contributed by atoms with Crippen LogP contribution in [0, 0.1) is 0 Å². The Morgan fingerprint density at radius 1 is 0.483 bits per heavy atom. The van der Waals surface area contributed by atoms with Gasteiger partial charge in [0.1, 0.15) is 5.76 Å². The number of anilines is 3. The first-order chi connectivity index (χ1) is 29.7. The summed E-state index contributed by atoms with van der Waals surface area (Å²) >= 11 is 0. The van der Waals surface area contributed by atoms with Crippen molar-refractivity contribution in [2.45, 2.75) is 25.2 Å². The highest BCUT2D eigenvalue weighted by molar-refractivity contribution is 6.02. The van der Waals surface area contributed by atoms with Gasteiger partial charge in [0.05, 0.1) is 11.4 Å². The minimum Gasteiger partial charge on any atom is -0.441 e. The van der Waals surface area contributed by atoms with E-state index in [4.69, 9.17) is 9.40 Å². The molecule has 1 atom stereocenters. The lowest BCUT2D eigenvalue weighted by molar-refractivity contribution is 0.494. The van der Waals surface area contributed by atoms with Crippen molar-refractivity contribution in [2.75, 3.05) is 4.90 Å². The second-order valence-corrected chi connectivity index (χ2v) is 15.7. The summed E-state index contributed by atoms with van der Waals surface area (Å²) in [4.78, 5) is 7.67. The zero-order chi connectivity index (χ0) is 39.8. The van der Waals surface area contributed by atoms with E-state index in [9.17, 15) is 0 Å². The number of hydrogen-bond acceptors (Lipinski definition) is 3. The fourth-order valence-electron chi connectivity index (χ4n) is 9.28. The summed E-state index contributed by atoms with van der Waals surface area (Å²) < 4.78 is 6.55. The molecule has 0 saturated carbocycles. The molecule has 286 valence electrons. The first-order valence-electron chi connectivity index (χ1n) is 20.9. The highest BCUT2D eigenvalue weighted by Gasteiger charge is 2.33. The van der Waals surface area contributed by atoms with E-state index in [1.165, 1.54) is 60.9 Å². The van der Waals surface area contributed by atoms with E-state index in [0.717, 1.165) is 53.3 Å². The molecule has 60 heavy (non-hydrogen) atoms. The third-order valence-electron chi connectivity index (χ3n) is 12.2. The smallest absolute Gasteiger partial charge is 0.226 e. The van der Waals surface area contributed by atoms with Crippen LogP contribution in [-0.2, 0) is 6.42 Å². The second kappa shape index (κ2) is 15.4. The number of nitrogens with zero attached hydrogens (tertiary/aromatic N) is 2. The average Bonchev–Trinajstić information content (AvgIpc) is 3.78. The van der Waals surface area contributed by atoms with Crippen molar-refractivity contribution in [1.29, 1.82) is 0 Å². The van der Waals surface area contributed by atoms with Gasteiger partial charge in [-0.3, -0.25) is 0 Å². The molecule has 0 amide bonds. The van der Waals surface area contributed by atoms with Gasteiger partial charge < -0.3 is 9.32 Å². The SMILES string of the molecule is C1=CC(c2cc(N(c3ccccc3)c3ccc(-c4ccccc4)c(-c4ccccc4)c3)c3ccccc3c2)=C2CCc3oc(-c4ccc(-c5ccccc5)cc4)nc3C2C1. The van der Waals surface area contributed by atoms with Crippen LogP contribution in [0.15, 0.2) is 222 Å². The number of oxazole rings is 1. The lowest BCUT2D eigenvalue weighted by Crippen LogP contribution is -2.16. The molecule has 0 radical (unpaired) electrons. The fraction of sp³-hybridized carbons (Fsp3) is 0.0702. The van der Waals surface area contributed by atoms with E-state index in [-0.39, 0.29) is 5.92 Å². The van der Waals surface area contributed by atoms with Crippen LogP contribution in [0.2, 0.25) is 0 Å². The third-order valence-corrected chi connectivity index (χ3v) is 12.2. The van der Waals surface area contributed by atoms with Crippen molar-refractivity contribution in [2.24, 2.45) is 0 Å². The Labute approximate surface area is 351 Å². The molecule has 3 nitrogen and oxygen atoms in total. The molecule has 8 aromatic carbocycles. The standard InChI is InChI=1S/C57H42N2O/c1-5-16-39(17-6-1)40-28-30-43(31-29-40)57-58-56-52-27-15-26-48(51(52)34-35-55(56)60-57)45-36-44-22-13-14-25-50(44)54(37-45)59(46-23-11-4-12-24-46)47-32-33-49(41-18-7-2-8-19-41)53(38-47)42-20-9-3-10-21-42/h1-26,28-33,36-38,52H,27,34-35H2. The first kappa shape index (κ1) is 35.7. The second-order valence-electron chi connectivity index (χ2n) is 15.7. The van der Waals surface area contributed by atoms with Crippen molar-refractivity contribution < 1.29 is 4.42 Å². The molecule has 0 N–H and O–H groups in total. The largest absolute Gasteiger partial charge is 0.441 e. The number of fused-ring (bicyclic) bond motifs is 4. The van der Waals surface area contributed by atoms with Crippen LogP contribution in [0.4, 0.5) is 17.1 Å². The number of aryl methyl sites for hydroxylation is 1. The van der Waals surface area contributed by atoms with Crippen molar-refractivity contribution in [3.05, 3.63) is 235 Å². The van der Waals surface area contributed by atoms with E-state index in [2.05, 4.69) is 217 Å². The van der Waals surface area contributed by atoms with Crippen molar-refractivity contribution in [3.8, 4) is 44.8 Å². The predicted octanol–water partition coefficient (Wildman–Crippen LogP) is 15.4. The Balaban J connectivity index is 1.03. The highest BCUT2D eigenvalue weighted by atomic mass is 16.4. The maximum atomic E-state index is 6.55. The third kappa shape index (κ3) is 6.55. The predicted molar refractivity (Wildman–Crippen MR) is 249 cm³/mol. The van der Waals surface area contributed by atoms with E-state index in [1.807, 2.05) is 0 Å². The Kier molecular flexibility index (Phi) is 9.13. The molecule has 2 aliphatic carbocycles. The molecular formula is C57H42N2O. The Bertz CT molecular complexity index is 3040. The minimum atomic E-state index is 0.175. The highest BCUT2D eigenvalue weighted by Crippen LogP contribution is 2.48. The molecule has 0 fully saturated rings. The summed E-state index contributed by atoms with van der Waals surface area (Å²) in [6.45, 7) is 0. The summed E-state index contributed by atoms with van der Waals surface area (Å²) in [6.07, 6.45) is 7.37. The number of aromatic nitrogens is 1. The van der Waals surface area contributed by atoms with Gasteiger partial charge in [0, 0.05) is 34.7 Å². The number of benzene rings is 8. The van der Waals surface area contributed by atoms with Crippen LogP contribution in [0.1, 0.15) is 35.8 Å². The summed E-state index contributed by atoms with van der Waals surface area (Å²) in [5, 5.41) is 2.41. The van der Waals surface area contributed by atoms with Gasteiger partial charge in [-0.1, -0.05) is 169 Å². The average molecular weight is 771 g/mol. The van der Waals surface area contributed by atoms with E-state index < -0.39 is 0 Å². The van der Waals surface area contributed by atoms with Crippen LogP contribution < -0.4 is 4.90 Å². The molecule has 11 rings (SSSR count). The minimum absolute atomic E-state index is 0.175. The topological polar surface area (TPSA) is 29.3 Å². The zero-order valence-corrected chi connectivity index (χ0v) is 33.2. The lowest BCUT2D eigenvalue weighted by Gasteiger charge is -2.31. The van der Waals surface area contributed by atoms with Crippen LogP contribution in [0.25, 0.3) is 61.2 Å². The Morgan fingerprint density at radius 2 is 1.10 bits per heavy atom. The number of para-hydroxylation sites is 1. The molecular weight excluding hydrogens is 729 g/mol. The van der Waals surface area contributed by atoms with Crippen LogP contribution >= 0.6 is 0 Å². The Morgan fingerprint density at radius 3 is 1.83 bits per heavy atom. The van der Waals surface area contributed by atoms with Gasteiger partial charge in [-0.2, -0.15) is 0 Å². The molecule has 3 heteroatoms. The summed E-state index contributed by atoms with van der Waals surface area (Å²) in [7, 11) is 0. The number of rotatable bonds is 8. The molecule has 1 aromatic heterocycles. The van der Waals surface area contributed by atoms with E-state index in [1.54, 1.807) is 0 Å². The molecule has 0 aliphatic heterocycles. The van der Waals surface area contributed by atoms with Gasteiger partial charge in [-0.15, -0.1) is 0 Å². The lowest BCUT2D eigenvalue weighted by atomic mass is 9.76. The maximum absolute atomic E-state index is 6.55. The molecule has 0 bridgehead atoms. The first-order valence-corrected chi connectivity index (χ1v) is 20.9. The van der Waals surface area contributed by atoms with Gasteiger partial charge in [0.2, 0.25) is 5.89 Å². The summed E-state index contributed by atoms with van der Waals surface area (Å²) in [5.41, 5.74) is 16.6. The quantitative estimate of drug-likeness (QED) is 0.154. The van der Waals surface area contributed by atoms with Crippen molar-refractivity contribution >= 4 is 33.4 Å². The zero-order valence-electron chi connectivity index (χ0n) is 33.2. The Hall–Kier alpha value is -7.49. The molecule has 0 spiro atoms. The number of allylic oxidation sites excluding steroid dienone is 4. The van der Waals surface area contributed by atoms with Crippen LogP contribution in [-0.4, -0.2) is 4.98 Å². The van der Waals surface area contributed by atoms with E-state index >= 15 is 0 Å². The van der Waals surface area contributed by atoms with Crippen molar-refractivity contribution in [1.82, 2.24) is 4.98 Å². The fourth-order valence-corrected chi connectivity index (χ4v) is 9.28. The van der Waals surface area contributed by atoms with Crippen LogP contribution in [0.3, 0.4) is 0 Å². The van der Waals surface area contributed by atoms with Gasteiger partial charge in [-0.05, 0) is 111 Å². The summed E-state index contributed by atoms with van der Waals surface area (Å²) in [6, 6.07) is 71.9. The van der Waals surface area contributed by atoms with Gasteiger partial charge in [-0.25, -0.2) is 4.98 Å². The maximum Gasteiger partial charge on any atom is 0.226 e. The van der Waals surface area contributed by atoms with Crippen molar-refractivity contribution in [3.63, 3.8) is 0 Å². The molecule has 1 unspecified atom stereocenters. The molecule has 0 saturated heterocycles. The number of hydrogen-bond donors (Lipinski definition) is 0. The molecule has 9 aromatic rings. The normalized spacial score (nSPS) is 14.5. The molecule has 1 heterocycles. The summed E-state index contributed by atoms with van der Waals surface area (Å²) in [5.74, 6) is 1.90. The van der Waals surface area contributed by atoms with E-state index in [0.29, 0.717) is 5.89 Å². The van der Waals surface area contributed by atoms with Gasteiger partial charge >= 0.3 is 0 Å².